The number of piperazine rings is 1. The van der Waals surface area contributed by atoms with Gasteiger partial charge >= 0.3 is 6.18 Å². The Kier molecular flexibility index (Phi) is 3.15. The fraction of sp³-hybridized carbons (Fsp3) is 0.667. The predicted octanol–water partition coefficient (Wildman–Crippen LogP) is 1.10. The molecule has 1 aliphatic rings. The summed E-state index contributed by atoms with van der Waals surface area (Å²) in [6.07, 6.45) is -3.76. The summed E-state index contributed by atoms with van der Waals surface area (Å²) in [6.45, 7) is 3.60. The molecule has 90 valence electrons. The zero-order valence-electron chi connectivity index (χ0n) is 8.55. The Bertz CT molecular complexity index is 344. The number of alkyl halides is 3. The average Bonchev–Trinajstić information content (AvgIpc) is 2.67. The highest BCUT2D eigenvalue weighted by Crippen LogP contribution is 2.28. The van der Waals surface area contributed by atoms with Gasteiger partial charge in [-0.3, -0.25) is 4.90 Å². The van der Waals surface area contributed by atoms with Gasteiger partial charge in [0.2, 0.25) is 5.89 Å². The van der Waals surface area contributed by atoms with Crippen LogP contribution in [-0.4, -0.2) is 36.1 Å². The van der Waals surface area contributed by atoms with Crippen LogP contribution in [0.2, 0.25) is 0 Å². The predicted molar refractivity (Wildman–Crippen MR) is 49.7 cm³/mol. The van der Waals surface area contributed by atoms with Gasteiger partial charge in [-0.25, -0.2) is 4.98 Å². The van der Waals surface area contributed by atoms with Crippen molar-refractivity contribution >= 4 is 0 Å². The number of rotatable bonds is 2. The van der Waals surface area contributed by atoms with Gasteiger partial charge in [-0.05, 0) is 0 Å². The first kappa shape index (κ1) is 11.4. The van der Waals surface area contributed by atoms with Crippen molar-refractivity contribution in [3.05, 3.63) is 17.8 Å². The molecule has 1 aromatic heterocycles. The van der Waals surface area contributed by atoms with Crippen molar-refractivity contribution in [1.82, 2.24) is 15.2 Å². The van der Waals surface area contributed by atoms with E-state index in [1.807, 2.05) is 4.90 Å². The van der Waals surface area contributed by atoms with E-state index in [9.17, 15) is 13.2 Å². The van der Waals surface area contributed by atoms with E-state index in [0.717, 1.165) is 26.2 Å². The number of hydrogen-bond donors (Lipinski definition) is 1. The Morgan fingerprint density at radius 3 is 2.62 bits per heavy atom. The fourth-order valence-corrected chi connectivity index (χ4v) is 1.57. The van der Waals surface area contributed by atoms with Crippen molar-refractivity contribution in [2.24, 2.45) is 0 Å². The largest absolute Gasteiger partial charge is 0.447 e. The second-order valence-corrected chi connectivity index (χ2v) is 3.65. The number of oxazole rings is 1. The van der Waals surface area contributed by atoms with Gasteiger partial charge < -0.3 is 9.73 Å². The lowest BCUT2D eigenvalue weighted by Crippen LogP contribution is -2.42. The number of nitrogens with zero attached hydrogens (tertiary/aromatic N) is 2. The third-order valence-corrected chi connectivity index (χ3v) is 2.41. The molecule has 0 saturated carbocycles. The first-order chi connectivity index (χ1) is 7.55. The van der Waals surface area contributed by atoms with Crippen LogP contribution in [-0.2, 0) is 12.7 Å². The van der Waals surface area contributed by atoms with Crippen LogP contribution in [0.15, 0.2) is 10.7 Å². The highest BCUT2D eigenvalue weighted by molar-refractivity contribution is 5.01. The first-order valence-corrected chi connectivity index (χ1v) is 5.00. The molecule has 7 heteroatoms. The van der Waals surface area contributed by atoms with Crippen molar-refractivity contribution in [2.75, 3.05) is 26.2 Å². The minimum atomic E-state index is -4.43. The van der Waals surface area contributed by atoms with E-state index >= 15 is 0 Å². The molecule has 16 heavy (non-hydrogen) atoms. The molecule has 1 aliphatic heterocycles. The summed E-state index contributed by atoms with van der Waals surface area (Å²) in [7, 11) is 0. The van der Waals surface area contributed by atoms with Crippen LogP contribution >= 0.6 is 0 Å². The van der Waals surface area contributed by atoms with Crippen molar-refractivity contribution in [1.29, 1.82) is 0 Å². The summed E-state index contributed by atoms with van der Waals surface area (Å²) in [5, 5.41) is 3.16. The number of halogens is 3. The van der Waals surface area contributed by atoms with E-state index in [1.165, 1.54) is 0 Å². The monoisotopic (exact) mass is 235 g/mol. The summed E-state index contributed by atoms with van der Waals surface area (Å²) in [4.78, 5) is 5.42. The average molecular weight is 235 g/mol. The molecule has 0 radical (unpaired) electrons. The van der Waals surface area contributed by atoms with Crippen molar-refractivity contribution < 1.29 is 17.6 Å². The second kappa shape index (κ2) is 4.42. The SMILES string of the molecule is FC(F)(F)c1coc(CN2CCNCC2)n1. The minimum Gasteiger partial charge on any atom is -0.447 e. The molecule has 2 rings (SSSR count). The Balaban J connectivity index is 1.97. The molecule has 0 amide bonds. The molecule has 0 aromatic carbocycles. The maximum absolute atomic E-state index is 12.2. The van der Waals surface area contributed by atoms with E-state index in [2.05, 4.69) is 10.3 Å². The molecule has 0 spiro atoms. The zero-order chi connectivity index (χ0) is 11.6. The zero-order valence-corrected chi connectivity index (χ0v) is 8.55. The Morgan fingerprint density at radius 1 is 1.38 bits per heavy atom. The molecule has 1 aromatic rings. The highest BCUT2D eigenvalue weighted by Gasteiger charge is 2.34. The Labute approximate surface area is 90.4 Å². The lowest BCUT2D eigenvalue weighted by molar-refractivity contribution is -0.141. The van der Waals surface area contributed by atoms with E-state index < -0.39 is 11.9 Å². The maximum Gasteiger partial charge on any atom is 0.436 e. The van der Waals surface area contributed by atoms with Crippen LogP contribution in [0.4, 0.5) is 13.2 Å². The first-order valence-electron chi connectivity index (χ1n) is 5.00. The maximum atomic E-state index is 12.2. The number of nitrogens with one attached hydrogen (secondary N) is 1. The lowest BCUT2D eigenvalue weighted by atomic mass is 10.3. The molecule has 2 heterocycles. The van der Waals surface area contributed by atoms with Crippen molar-refractivity contribution in [3.63, 3.8) is 0 Å². The van der Waals surface area contributed by atoms with Crippen LogP contribution in [0, 0.1) is 0 Å². The van der Waals surface area contributed by atoms with Gasteiger partial charge in [-0.2, -0.15) is 13.2 Å². The van der Waals surface area contributed by atoms with Crippen LogP contribution < -0.4 is 5.32 Å². The van der Waals surface area contributed by atoms with Gasteiger partial charge in [0, 0.05) is 26.2 Å². The topological polar surface area (TPSA) is 41.3 Å². The van der Waals surface area contributed by atoms with Crippen LogP contribution in [0.25, 0.3) is 0 Å². The van der Waals surface area contributed by atoms with Gasteiger partial charge in [0.25, 0.3) is 0 Å². The third kappa shape index (κ3) is 2.73. The minimum absolute atomic E-state index is 0.120. The quantitative estimate of drug-likeness (QED) is 0.833. The van der Waals surface area contributed by atoms with E-state index in [-0.39, 0.29) is 5.89 Å². The van der Waals surface area contributed by atoms with Gasteiger partial charge in [-0.1, -0.05) is 0 Å². The Hall–Kier alpha value is -1.08. The molecule has 0 unspecified atom stereocenters. The van der Waals surface area contributed by atoms with Crippen LogP contribution in [0.1, 0.15) is 11.6 Å². The Morgan fingerprint density at radius 2 is 2.06 bits per heavy atom. The van der Waals surface area contributed by atoms with Gasteiger partial charge in [-0.15, -0.1) is 0 Å². The fourth-order valence-electron chi connectivity index (χ4n) is 1.57. The molecule has 0 bridgehead atoms. The van der Waals surface area contributed by atoms with E-state index in [0.29, 0.717) is 12.8 Å². The molecular formula is C9H12F3N3O. The number of aromatic nitrogens is 1. The molecular weight excluding hydrogens is 223 g/mol. The summed E-state index contributed by atoms with van der Waals surface area (Å²) < 4.78 is 41.5. The highest BCUT2D eigenvalue weighted by atomic mass is 19.4. The molecule has 0 aliphatic carbocycles. The van der Waals surface area contributed by atoms with Crippen LogP contribution in [0.3, 0.4) is 0 Å². The molecule has 4 nitrogen and oxygen atoms in total. The molecule has 1 saturated heterocycles. The van der Waals surface area contributed by atoms with Gasteiger partial charge in [0.05, 0.1) is 6.54 Å². The van der Waals surface area contributed by atoms with E-state index in [4.69, 9.17) is 4.42 Å². The van der Waals surface area contributed by atoms with Gasteiger partial charge in [0.15, 0.2) is 5.69 Å². The molecule has 1 N–H and O–H groups in total. The van der Waals surface area contributed by atoms with E-state index in [1.54, 1.807) is 0 Å². The summed E-state index contributed by atoms with van der Waals surface area (Å²) in [5.74, 6) is 0.120. The summed E-state index contributed by atoms with van der Waals surface area (Å²) in [6, 6.07) is 0. The smallest absolute Gasteiger partial charge is 0.436 e. The third-order valence-electron chi connectivity index (χ3n) is 2.41. The summed E-state index contributed by atoms with van der Waals surface area (Å²) >= 11 is 0. The second-order valence-electron chi connectivity index (χ2n) is 3.65. The lowest BCUT2D eigenvalue weighted by Gasteiger charge is -2.25. The normalized spacial score (nSPS) is 18.9. The van der Waals surface area contributed by atoms with Crippen molar-refractivity contribution in [2.45, 2.75) is 12.7 Å². The number of hydrogen-bond acceptors (Lipinski definition) is 4. The molecule has 1 fully saturated rings. The summed E-state index contributed by atoms with van der Waals surface area (Å²) in [5.41, 5.74) is -0.961. The van der Waals surface area contributed by atoms with Crippen molar-refractivity contribution in [3.8, 4) is 0 Å². The molecule has 0 atom stereocenters. The van der Waals surface area contributed by atoms with Crippen LogP contribution in [0.5, 0.6) is 0 Å². The van der Waals surface area contributed by atoms with Gasteiger partial charge in [0.1, 0.15) is 6.26 Å². The standard InChI is InChI=1S/C9H12F3N3O/c10-9(11,12)7-6-16-8(14-7)5-15-3-1-13-2-4-15/h6,13H,1-5H2.